The van der Waals surface area contributed by atoms with E-state index in [-0.39, 0.29) is 16.6 Å². The highest BCUT2D eigenvalue weighted by Gasteiger charge is 2.32. The Bertz CT molecular complexity index is 598. The van der Waals surface area contributed by atoms with E-state index in [0.29, 0.717) is 29.9 Å². The van der Waals surface area contributed by atoms with Crippen LogP contribution < -0.4 is 4.90 Å². The summed E-state index contributed by atoms with van der Waals surface area (Å²) in [4.78, 5) is 28.2. The van der Waals surface area contributed by atoms with Gasteiger partial charge in [0.2, 0.25) is 11.2 Å². The van der Waals surface area contributed by atoms with Gasteiger partial charge in [-0.15, -0.1) is 11.6 Å². The number of anilines is 1. The summed E-state index contributed by atoms with van der Waals surface area (Å²) in [7, 11) is 0. The molecule has 6 nitrogen and oxygen atoms in total. The maximum absolute atomic E-state index is 11.8. The first-order chi connectivity index (χ1) is 8.15. The molecule has 8 heteroatoms. The van der Waals surface area contributed by atoms with Crippen molar-refractivity contribution in [2.75, 3.05) is 11.4 Å². The molecule has 0 aromatic carbocycles. The van der Waals surface area contributed by atoms with Crippen LogP contribution in [0.4, 0.5) is 5.82 Å². The average molecular weight is 272 g/mol. The number of aromatic amines is 1. The molecule has 1 saturated heterocycles. The Hall–Kier alpha value is -1.40. The number of nitrogens with one attached hydrogen (secondary N) is 1. The number of alkyl halides is 1. The van der Waals surface area contributed by atoms with Crippen LogP contribution in [0.2, 0.25) is 5.28 Å². The minimum absolute atomic E-state index is 0.0606. The second-order valence-electron chi connectivity index (χ2n) is 3.72. The third-order valence-electron chi connectivity index (χ3n) is 2.57. The summed E-state index contributed by atoms with van der Waals surface area (Å²) in [6.07, 6.45) is 1.79. The van der Waals surface area contributed by atoms with Gasteiger partial charge in [-0.1, -0.05) is 0 Å². The van der Waals surface area contributed by atoms with Crippen molar-refractivity contribution in [1.82, 2.24) is 19.9 Å². The maximum atomic E-state index is 11.8. The van der Waals surface area contributed by atoms with E-state index in [1.807, 2.05) is 0 Å². The number of carbonyl (C=O) groups is 1. The Morgan fingerprint density at radius 3 is 3.00 bits per heavy atom. The molecule has 0 aliphatic carbocycles. The van der Waals surface area contributed by atoms with E-state index in [1.54, 1.807) is 0 Å². The molecule has 0 spiro atoms. The van der Waals surface area contributed by atoms with E-state index in [4.69, 9.17) is 23.2 Å². The van der Waals surface area contributed by atoms with Gasteiger partial charge in [-0.2, -0.15) is 9.97 Å². The van der Waals surface area contributed by atoms with Crippen LogP contribution >= 0.6 is 23.2 Å². The first kappa shape index (κ1) is 10.7. The van der Waals surface area contributed by atoms with Crippen molar-refractivity contribution in [1.29, 1.82) is 0 Å². The predicted molar refractivity (Wildman–Crippen MR) is 63.3 cm³/mol. The number of aromatic nitrogens is 4. The second kappa shape index (κ2) is 3.82. The molecular weight excluding hydrogens is 265 g/mol. The van der Waals surface area contributed by atoms with Crippen molar-refractivity contribution in [2.24, 2.45) is 0 Å². The quantitative estimate of drug-likeness (QED) is 0.628. The summed E-state index contributed by atoms with van der Waals surface area (Å²) in [6.45, 7) is 0.419. The third kappa shape index (κ3) is 1.73. The Morgan fingerprint density at radius 2 is 2.29 bits per heavy atom. The smallest absolute Gasteiger partial charge is 0.229 e. The first-order valence-electron chi connectivity index (χ1n) is 4.96. The zero-order chi connectivity index (χ0) is 12.0. The highest BCUT2D eigenvalue weighted by Crippen LogP contribution is 2.28. The number of hydrogen-bond acceptors (Lipinski definition) is 4. The molecule has 0 bridgehead atoms. The first-order valence-corrected chi connectivity index (χ1v) is 5.77. The Labute approximate surface area is 106 Å². The molecule has 1 N–H and O–H groups in total. The van der Waals surface area contributed by atoms with Crippen molar-refractivity contribution < 1.29 is 4.79 Å². The fourth-order valence-corrected chi connectivity index (χ4v) is 2.29. The number of nitrogens with zero attached hydrogens (tertiary/aromatic N) is 4. The van der Waals surface area contributed by atoms with Crippen molar-refractivity contribution in [2.45, 2.75) is 11.8 Å². The van der Waals surface area contributed by atoms with E-state index < -0.39 is 0 Å². The fourth-order valence-electron chi connectivity index (χ4n) is 1.86. The topological polar surface area (TPSA) is 74.8 Å². The number of fused-ring (bicyclic) bond motifs is 1. The highest BCUT2D eigenvalue weighted by atomic mass is 35.5. The van der Waals surface area contributed by atoms with Crippen LogP contribution in [0.25, 0.3) is 11.2 Å². The summed E-state index contributed by atoms with van der Waals surface area (Å²) in [5.74, 6) is 0.362. The number of imidazole rings is 1. The Balaban J connectivity index is 2.16. The lowest BCUT2D eigenvalue weighted by molar-refractivity contribution is -0.117. The van der Waals surface area contributed by atoms with Gasteiger partial charge in [0.1, 0.15) is 5.52 Å². The van der Waals surface area contributed by atoms with Gasteiger partial charge in [0, 0.05) is 13.0 Å². The fraction of sp³-hybridized carbons (Fsp3) is 0.333. The minimum Gasteiger partial charge on any atom is -0.340 e. The molecule has 17 heavy (non-hydrogen) atoms. The van der Waals surface area contributed by atoms with E-state index in [1.165, 1.54) is 11.2 Å². The van der Waals surface area contributed by atoms with E-state index in [9.17, 15) is 4.79 Å². The van der Waals surface area contributed by atoms with Gasteiger partial charge in [0.25, 0.3) is 0 Å². The molecule has 1 aliphatic heterocycles. The van der Waals surface area contributed by atoms with Crippen molar-refractivity contribution in [3.05, 3.63) is 11.6 Å². The lowest BCUT2D eigenvalue weighted by Crippen LogP contribution is -2.26. The number of carbonyl (C=O) groups excluding carboxylic acids is 1. The summed E-state index contributed by atoms with van der Waals surface area (Å²) in [6, 6.07) is 0. The van der Waals surface area contributed by atoms with Gasteiger partial charge >= 0.3 is 0 Å². The number of rotatable bonds is 1. The standard InChI is InChI=1S/C9H7Cl2N5O/c10-4-1-5(17)16(2-4)8-6-7(13-3-12-6)14-9(11)15-8/h3-4H,1-2H2,(H,12,13,14,15). The normalized spacial score (nSPS) is 20.5. The highest BCUT2D eigenvalue weighted by molar-refractivity contribution is 6.29. The van der Waals surface area contributed by atoms with Crippen molar-refractivity contribution in [3.8, 4) is 0 Å². The number of hydrogen-bond donors (Lipinski definition) is 1. The molecule has 2 aromatic heterocycles. The Kier molecular flexibility index (Phi) is 2.41. The van der Waals surface area contributed by atoms with Crippen LogP contribution in [0.1, 0.15) is 6.42 Å². The molecule has 0 saturated carbocycles. The maximum Gasteiger partial charge on any atom is 0.229 e. The summed E-state index contributed by atoms with van der Waals surface area (Å²) >= 11 is 11.7. The van der Waals surface area contributed by atoms with E-state index in [2.05, 4.69) is 19.9 Å². The molecule has 0 radical (unpaired) electrons. The van der Waals surface area contributed by atoms with Crippen LogP contribution in [-0.4, -0.2) is 37.8 Å². The second-order valence-corrected chi connectivity index (χ2v) is 4.68. The van der Waals surface area contributed by atoms with Gasteiger partial charge in [0.15, 0.2) is 11.5 Å². The lowest BCUT2D eigenvalue weighted by Gasteiger charge is -2.14. The lowest BCUT2D eigenvalue weighted by atomic mass is 10.4. The number of amides is 1. The summed E-state index contributed by atoms with van der Waals surface area (Å²) < 4.78 is 0. The van der Waals surface area contributed by atoms with Gasteiger partial charge < -0.3 is 4.98 Å². The van der Waals surface area contributed by atoms with Gasteiger partial charge in [0.05, 0.1) is 11.7 Å². The molecule has 2 aromatic rings. The van der Waals surface area contributed by atoms with Gasteiger partial charge in [-0.25, -0.2) is 4.98 Å². The minimum atomic E-state index is -0.200. The van der Waals surface area contributed by atoms with E-state index >= 15 is 0 Å². The molecule has 3 heterocycles. The summed E-state index contributed by atoms with van der Waals surface area (Å²) in [5, 5.41) is -0.139. The van der Waals surface area contributed by atoms with Crippen molar-refractivity contribution in [3.63, 3.8) is 0 Å². The Morgan fingerprint density at radius 1 is 1.47 bits per heavy atom. The van der Waals surface area contributed by atoms with Crippen LogP contribution in [0.5, 0.6) is 0 Å². The number of H-pyrrole nitrogens is 1. The number of halogens is 2. The zero-order valence-corrected chi connectivity index (χ0v) is 10.0. The van der Waals surface area contributed by atoms with Crippen molar-refractivity contribution >= 4 is 46.1 Å². The SMILES string of the molecule is O=C1CC(Cl)CN1c1nc(Cl)nc2nc[nH]c12. The molecule has 88 valence electrons. The predicted octanol–water partition coefficient (Wildman–Crippen LogP) is 1.35. The molecule has 1 amide bonds. The largest absolute Gasteiger partial charge is 0.340 e. The average Bonchev–Trinajstić information content (AvgIpc) is 2.83. The molecule has 1 fully saturated rings. The molecule has 1 atom stereocenters. The van der Waals surface area contributed by atoms with Crippen LogP contribution in [0, 0.1) is 0 Å². The monoisotopic (exact) mass is 271 g/mol. The third-order valence-corrected chi connectivity index (χ3v) is 3.03. The van der Waals surface area contributed by atoms with Gasteiger partial charge in [-0.05, 0) is 11.6 Å². The van der Waals surface area contributed by atoms with Crippen LogP contribution in [0.3, 0.4) is 0 Å². The van der Waals surface area contributed by atoms with Crippen LogP contribution in [-0.2, 0) is 4.79 Å². The van der Waals surface area contributed by atoms with E-state index in [0.717, 1.165) is 0 Å². The van der Waals surface area contributed by atoms with Gasteiger partial charge in [-0.3, -0.25) is 9.69 Å². The molecule has 1 aliphatic rings. The molecular formula is C9H7Cl2N5O. The van der Waals surface area contributed by atoms with Crippen LogP contribution in [0.15, 0.2) is 6.33 Å². The summed E-state index contributed by atoms with van der Waals surface area (Å²) in [5.41, 5.74) is 1.03. The molecule has 1 unspecified atom stereocenters. The molecule has 3 rings (SSSR count). The zero-order valence-electron chi connectivity index (χ0n) is 8.52.